The maximum Gasteiger partial charge on any atom is 0.156 e. The highest BCUT2D eigenvalue weighted by molar-refractivity contribution is 6.36. The van der Waals surface area contributed by atoms with Crippen molar-refractivity contribution in [2.45, 2.75) is 31.8 Å². The van der Waals surface area contributed by atoms with E-state index in [1.54, 1.807) is 30.9 Å². The van der Waals surface area contributed by atoms with E-state index < -0.39 is 5.60 Å². The largest absolute Gasteiger partial charge is 0.374 e. The summed E-state index contributed by atoms with van der Waals surface area (Å²) >= 11 is 13.4. The lowest BCUT2D eigenvalue weighted by atomic mass is 9.83. The third kappa shape index (κ3) is 5.05. The lowest BCUT2D eigenvalue weighted by molar-refractivity contribution is 0.121. The molecule has 7 nitrogen and oxygen atoms in total. The molecule has 5 aromatic rings. The summed E-state index contributed by atoms with van der Waals surface area (Å²) in [5, 5.41) is 18.6. The molecule has 1 unspecified atom stereocenters. The van der Waals surface area contributed by atoms with Gasteiger partial charge in [-0.05, 0) is 73.7 Å². The number of hydrogen-bond acceptors (Lipinski definition) is 5. The van der Waals surface area contributed by atoms with Gasteiger partial charge in [0, 0.05) is 47.7 Å². The number of rotatable bonds is 8. The molecule has 0 aliphatic heterocycles. The number of pyridine rings is 1. The fourth-order valence-corrected chi connectivity index (χ4v) is 5.82. The first-order chi connectivity index (χ1) is 19.9. The number of fused-ring (bicyclic) bond motifs is 1. The number of allylic oxidation sites excluding steroid dienone is 4. The molecule has 2 N–H and O–H groups in total. The molecule has 41 heavy (non-hydrogen) atoms. The molecule has 0 saturated carbocycles. The van der Waals surface area contributed by atoms with Crippen LogP contribution in [0.25, 0.3) is 16.6 Å². The first-order valence-corrected chi connectivity index (χ1v) is 14.3. The van der Waals surface area contributed by atoms with Crippen molar-refractivity contribution < 1.29 is 5.11 Å². The predicted octanol–water partition coefficient (Wildman–Crippen LogP) is 7.01. The molecule has 2 aromatic carbocycles. The summed E-state index contributed by atoms with van der Waals surface area (Å²) in [6.07, 6.45) is 13.7. The molecular formula is C32H30Cl2N6O. The molecule has 0 radical (unpaired) electrons. The number of aromatic nitrogens is 5. The summed E-state index contributed by atoms with van der Waals surface area (Å²) < 4.78 is 1.91. The summed E-state index contributed by atoms with van der Waals surface area (Å²) in [6, 6.07) is 14.8. The molecule has 3 heterocycles. The predicted molar refractivity (Wildman–Crippen MR) is 165 cm³/mol. The average molecular weight is 586 g/mol. The van der Waals surface area contributed by atoms with E-state index in [1.165, 1.54) is 5.57 Å². The zero-order chi connectivity index (χ0) is 28.6. The third-order valence-corrected chi connectivity index (χ3v) is 8.50. The Hall–Kier alpha value is -3.91. The summed E-state index contributed by atoms with van der Waals surface area (Å²) in [6.45, 7) is 2.89. The van der Waals surface area contributed by atoms with Crippen molar-refractivity contribution >= 4 is 45.6 Å². The van der Waals surface area contributed by atoms with Crippen LogP contribution in [0, 0.1) is 0 Å². The van der Waals surface area contributed by atoms with E-state index in [2.05, 4.69) is 39.0 Å². The quantitative estimate of drug-likeness (QED) is 0.205. The van der Waals surface area contributed by atoms with Crippen molar-refractivity contribution in [3.63, 3.8) is 0 Å². The van der Waals surface area contributed by atoms with Crippen LogP contribution in [-0.2, 0) is 12.0 Å². The van der Waals surface area contributed by atoms with Crippen LogP contribution in [0.4, 0.5) is 5.82 Å². The monoisotopic (exact) mass is 584 g/mol. The molecule has 0 spiro atoms. The summed E-state index contributed by atoms with van der Waals surface area (Å²) in [4.78, 5) is 14.5. The molecule has 208 valence electrons. The Labute approximate surface area is 248 Å². The zero-order valence-electron chi connectivity index (χ0n) is 22.9. The van der Waals surface area contributed by atoms with Crippen LogP contribution < -0.4 is 4.90 Å². The Morgan fingerprint density at radius 1 is 1.07 bits per heavy atom. The van der Waals surface area contributed by atoms with Crippen LogP contribution in [0.1, 0.15) is 42.1 Å². The van der Waals surface area contributed by atoms with Crippen LogP contribution >= 0.6 is 23.2 Å². The standard InChI is InChI=1S/C32H30Cl2N6O/c1-3-39(2)31-27(17-21-5-12-25(13-6-21)40-16-4-15-37-40)30(34)26-18-23(9-14-28(26)38-31)32(41,29-19-35-20-36-29)22-7-10-24(33)11-8-22/h4-5,7-12,14-16,18-20,41H,3,6,13,17H2,1-2H3,(H,35,36). The minimum Gasteiger partial charge on any atom is -0.374 e. The van der Waals surface area contributed by atoms with Gasteiger partial charge in [-0.3, -0.25) is 0 Å². The van der Waals surface area contributed by atoms with Crippen molar-refractivity contribution in [2.75, 3.05) is 18.5 Å². The number of halogens is 2. The first-order valence-electron chi connectivity index (χ1n) is 13.6. The highest BCUT2D eigenvalue weighted by Crippen LogP contribution is 2.41. The summed E-state index contributed by atoms with van der Waals surface area (Å²) in [5.74, 6) is 0.863. The Morgan fingerprint density at radius 2 is 1.88 bits per heavy atom. The van der Waals surface area contributed by atoms with E-state index in [9.17, 15) is 5.11 Å². The van der Waals surface area contributed by atoms with Gasteiger partial charge in [0.15, 0.2) is 5.60 Å². The van der Waals surface area contributed by atoms with Crippen LogP contribution in [0.15, 0.2) is 91.2 Å². The normalized spacial score (nSPS) is 15.0. The van der Waals surface area contributed by atoms with Crippen molar-refractivity contribution in [1.29, 1.82) is 0 Å². The Kier molecular flexibility index (Phi) is 7.43. The Morgan fingerprint density at radius 3 is 2.54 bits per heavy atom. The smallest absolute Gasteiger partial charge is 0.156 e. The van der Waals surface area contributed by atoms with E-state index in [0.29, 0.717) is 33.3 Å². The number of anilines is 1. The molecule has 0 fully saturated rings. The molecule has 0 bridgehead atoms. The van der Waals surface area contributed by atoms with Gasteiger partial charge in [-0.1, -0.05) is 53.1 Å². The molecule has 0 saturated heterocycles. The fraction of sp³-hybridized carbons (Fsp3) is 0.219. The average Bonchev–Trinajstić information content (AvgIpc) is 3.74. The van der Waals surface area contributed by atoms with Gasteiger partial charge >= 0.3 is 0 Å². The van der Waals surface area contributed by atoms with Crippen LogP contribution in [-0.4, -0.2) is 43.4 Å². The number of benzene rings is 2. The third-order valence-electron chi connectivity index (χ3n) is 7.81. The van der Waals surface area contributed by atoms with Crippen molar-refractivity contribution in [1.82, 2.24) is 24.7 Å². The maximum absolute atomic E-state index is 12.3. The van der Waals surface area contributed by atoms with Gasteiger partial charge in [-0.15, -0.1) is 0 Å². The number of imidazole rings is 1. The highest BCUT2D eigenvalue weighted by Gasteiger charge is 2.36. The van der Waals surface area contributed by atoms with E-state index in [-0.39, 0.29) is 0 Å². The first kappa shape index (κ1) is 27.3. The van der Waals surface area contributed by atoms with Crippen molar-refractivity contribution in [3.8, 4) is 0 Å². The van der Waals surface area contributed by atoms with Gasteiger partial charge in [0.05, 0.1) is 28.8 Å². The molecule has 0 amide bonds. The van der Waals surface area contributed by atoms with Crippen molar-refractivity contribution in [2.24, 2.45) is 0 Å². The number of H-pyrrole nitrogens is 1. The van der Waals surface area contributed by atoms with E-state index in [4.69, 9.17) is 28.2 Å². The second-order valence-corrected chi connectivity index (χ2v) is 11.1. The molecule has 1 aliphatic carbocycles. The number of nitrogens with zero attached hydrogens (tertiary/aromatic N) is 5. The van der Waals surface area contributed by atoms with Gasteiger partial charge in [-0.25, -0.2) is 14.6 Å². The zero-order valence-corrected chi connectivity index (χ0v) is 24.4. The fourth-order valence-electron chi connectivity index (χ4n) is 5.39. The number of aliphatic hydroxyl groups is 1. The second kappa shape index (κ2) is 11.2. The summed E-state index contributed by atoms with van der Waals surface area (Å²) in [7, 11) is 2.03. The minimum absolute atomic E-state index is 0.540. The second-order valence-electron chi connectivity index (χ2n) is 10.3. The lowest BCUT2D eigenvalue weighted by Crippen LogP contribution is -2.29. The molecule has 6 rings (SSSR count). The Bertz CT molecular complexity index is 1740. The highest BCUT2D eigenvalue weighted by atomic mass is 35.5. The number of hydrogen-bond donors (Lipinski definition) is 2. The SMILES string of the molecule is CCN(C)c1nc2ccc(C(O)(c3ccc(Cl)cc3)c3cnc[nH]3)cc2c(Cl)c1CC1=CC=C(n2cccn2)CC1. The molecule has 1 atom stereocenters. The van der Waals surface area contributed by atoms with Crippen LogP contribution in [0.2, 0.25) is 10.0 Å². The minimum atomic E-state index is -1.50. The van der Waals surface area contributed by atoms with Gasteiger partial charge < -0.3 is 15.0 Å². The van der Waals surface area contributed by atoms with Gasteiger partial charge in [0.2, 0.25) is 0 Å². The van der Waals surface area contributed by atoms with E-state index in [0.717, 1.165) is 47.4 Å². The molecule has 3 aromatic heterocycles. The lowest BCUT2D eigenvalue weighted by Gasteiger charge is -2.29. The number of nitrogens with one attached hydrogen (secondary N) is 1. The van der Waals surface area contributed by atoms with Crippen LogP contribution in [0.5, 0.6) is 0 Å². The van der Waals surface area contributed by atoms with Gasteiger partial charge in [0.25, 0.3) is 0 Å². The summed E-state index contributed by atoms with van der Waals surface area (Å²) in [5.41, 5.74) is 4.52. The van der Waals surface area contributed by atoms with Crippen molar-refractivity contribution in [3.05, 3.63) is 124 Å². The van der Waals surface area contributed by atoms with Gasteiger partial charge in [0.1, 0.15) is 5.82 Å². The van der Waals surface area contributed by atoms with E-state index >= 15 is 0 Å². The maximum atomic E-state index is 12.3. The van der Waals surface area contributed by atoms with Gasteiger partial charge in [-0.2, -0.15) is 5.10 Å². The number of aromatic amines is 1. The molecule has 1 aliphatic rings. The van der Waals surface area contributed by atoms with E-state index in [1.807, 2.05) is 54.3 Å². The topological polar surface area (TPSA) is 82.9 Å². The van der Waals surface area contributed by atoms with Crippen LogP contribution in [0.3, 0.4) is 0 Å². The molecular weight excluding hydrogens is 555 g/mol. The Balaban J connectivity index is 1.47. The molecule has 9 heteroatoms.